The van der Waals surface area contributed by atoms with E-state index < -0.39 is 11.7 Å². The van der Waals surface area contributed by atoms with Gasteiger partial charge in [-0.1, -0.05) is 11.6 Å². The highest BCUT2D eigenvalue weighted by Crippen LogP contribution is 2.35. The number of anilines is 1. The predicted octanol–water partition coefficient (Wildman–Crippen LogP) is 6.26. The van der Waals surface area contributed by atoms with Crippen molar-refractivity contribution in [3.63, 3.8) is 0 Å². The van der Waals surface area contributed by atoms with Crippen LogP contribution in [0.25, 0.3) is 0 Å². The third kappa shape index (κ3) is 6.33. The number of hydrogen-bond acceptors (Lipinski definition) is 3. The molecule has 0 amide bonds. The maximum atomic E-state index is 13.0. The SMILES string of the molecule is CC1(C)CC(N(Cc2ccncc2)C(=S)Nc2ccc(C(F)(F)F)cc2Cl)CC(C)(C)N1. The standard InChI is InChI=1S/C23H28ClF3N4S/c1-21(2)12-17(13-22(3,4)30-21)31(14-15-7-9-28-10-8-15)20(32)29-19-6-5-16(11-18(19)24)23(25,26)27/h5-11,17,30H,12-14H2,1-4H3,(H,29,32). The fourth-order valence-corrected chi connectivity index (χ4v) is 5.07. The molecule has 174 valence electrons. The van der Waals surface area contributed by atoms with Crippen LogP contribution in [-0.4, -0.2) is 32.1 Å². The summed E-state index contributed by atoms with van der Waals surface area (Å²) < 4.78 is 39.0. The quantitative estimate of drug-likeness (QED) is 0.501. The maximum absolute atomic E-state index is 13.0. The Kier molecular flexibility index (Phi) is 7.08. The van der Waals surface area contributed by atoms with E-state index in [1.807, 2.05) is 12.1 Å². The van der Waals surface area contributed by atoms with E-state index in [0.717, 1.165) is 30.5 Å². The number of alkyl halides is 3. The zero-order valence-corrected chi connectivity index (χ0v) is 20.1. The van der Waals surface area contributed by atoms with Crippen LogP contribution in [0, 0.1) is 0 Å². The largest absolute Gasteiger partial charge is 0.416 e. The van der Waals surface area contributed by atoms with Crippen LogP contribution in [0.4, 0.5) is 18.9 Å². The summed E-state index contributed by atoms with van der Waals surface area (Å²) in [5.74, 6) is 0. The molecule has 1 aromatic carbocycles. The maximum Gasteiger partial charge on any atom is 0.416 e. The van der Waals surface area contributed by atoms with Gasteiger partial charge in [0.2, 0.25) is 0 Å². The van der Waals surface area contributed by atoms with Crippen molar-refractivity contribution in [1.82, 2.24) is 15.2 Å². The topological polar surface area (TPSA) is 40.2 Å². The normalized spacial score (nSPS) is 18.2. The minimum Gasteiger partial charge on any atom is -0.342 e. The first kappa shape index (κ1) is 24.7. The Morgan fingerprint density at radius 1 is 1.16 bits per heavy atom. The fourth-order valence-electron chi connectivity index (χ4n) is 4.52. The van der Waals surface area contributed by atoms with Crippen LogP contribution in [0.2, 0.25) is 5.02 Å². The highest BCUT2D eigenvalue weighted by Gasteiger charge is 2.40. The number of nitrogens with zero attached hydrogens (tertiary/aromatic N) is 2. The van der Waals surface area contributed by atoms with Gasteiger partial charge < -0.3 is 15.5 Å². The smallest absolute Gasteiger partial charge is 0.342 e. The van der Waals surface area contributed by atoms with Crippen LogP contribution in [0.1, 0.15) is 51.7 Å². The summed E-state index contributed by atoms with van der Waals surface area (Å²) in [7, 11) is 0. The van der Waals surface area contributed by atoms with Crippen molar-refractivity contribution in [2.45, 2.75) is 70.4 Å². The molecule has 9 heteroatoms. The van der Waals surface area contributed by atoms with E-state index in [1.165, 1.54) is 6.07 Å². The van der Waals surface area contributed by atoms with E-state index in [9.17, 15) is 13.2 Å². The average molecular weight is 485 g/mol. The van der Waals surface area contributed by atoms with Crippen molar-refractivity contribution in [2.75, 3.05) is 5.32 Å². The lowest BCUT2D eigenvalue weighted by Gasteiger charge is -2.50. The van der Waals surface area contributed by atoms with Crippen molar-refractivity contribution in [3.05, 3.63) is 58.9 Å². The van der Waals surface area contributed by atoms with E-state index in [2.05, 4.69) is 48.2 Å². The Morgan fingerprint density at radius 2 is 1.75 bits per heavy atom. The summed E-state index contributed by atoms with van der Waals surface area (Å²) in [6.07, 6.45) is 0.705. The van der Waals surface area contributed by atoms with Gasteiger partial charge in [0.05, 0.1) is 16.3 Å². The molecule has 0 unspecified atom stereocenters. The molecule has 1 fully saturated rings. The number of pyridine rings is 1. The molecule has 0 saturated carbocycles. The van der Waals surface area contributed by atoms with E-state index in [1.54, 1.807) is 12.4 Å². The number of halogens is 4. The number of hydrogen-bond donors (Lipinski definition) is 2. The Morgan fingerprint density at radius 3 is 2.28 bits per heavy atom. The first-order valence-electron chi connectivity index (χ1n) is 10.4. The van der Waals surface area contributed by atoms with E-state index in [0.29, 0.717) is 17.3 Å². The van der Waals surface area contributed by atoms with Gasteiger partial charge in [-0.15, -0.1) is 0 Å². The van der Waals surface area contributed by atoms with Gasteiger partial charge in [0, 0.05) is 36.1 Å². The molecule has 3 rings (SSSR count). The monoisotopic (exact) mass is 484 g/mol. The Balaban J connectivity index is 1.89. The summed E-state index contributed by atoms with van der Waals surface area (Å²) in [5, 5.41) is 7.14. The molecule has 2 N–H and O–H groups in total. The van der Waals surface area contributed by atoms with Gasteiger partial charge in [0.25, 0.3) is 0 Å². The fraction of sp³-hybridized carbons (Fsp3) is 0.478. The lowest BCUT2D eigenvalue weighted by Crippen LogP contribution is -2.63. The van der Waals surface area contributed by atoms with E-state index >= 15 is 0 Å². The summed E-state index contributed by atoms with van der Waals surface area (Å²) >= 11 is 11.9. The van der Waals surface area contributed by atoms with Crippen molar-refractivity contribution >= 4 is 34.6 Å². The summed E-state index contributed by atoms with van der Waals surface area (Å²) in [6, 6.07) is 7.20. The molecule has 1 aliphatic rings. The zero-order valence-electron chi connectivity index (χ0n) is 18.6. The minimum atomic E-state index is -4.46. The van der Waals surface area contributed by atoms with E-state index in [-0.39, 0.29) is 22.1 Å². The molecule has 0 spiro atoms. The van der Waals surface area contributed by atoms with Crippen molar-refractivity contribution in [1.29, 1.82) is 0 Å². The molecule has 0 atom stereocenters. The molecule has 2 aromatic rings. The zero-order chi connectivity index (χ0) is 23.7. The highest BCUT2D eigenvalue weighted by atomic mass is 35.5. The van der Waals surface area contributed by atoms with Gasteiger partial charge >= 0.3 is 6.18 Å². The summed E-state index contributed by atoms with van der Waals surface area (Å²) in [5.41, 5.74) is 0.373. The van der Waals surface area contributed by atoms with Gasteiger partial charge in [-0.25, -0.2) is 0 Å². The first-order chi connectivity index (χ1) is 14.8. The van der Waals surface area contributed by atoms with Crippen LogP contribution >= 0.6 is 23.8 Å². The number of benzene rings is 1. The molecular weight excluding hydrogens is 457 g/mol. The van der Waals surface area contributed by atoms with Crippen LogP contribution < -0.4 is 10.6 Å². The molecule has 0 aliphatic carbocycles. The second kappa shape index (κ2) is 9.15. The second-order valence-electron chi connectivity index (χ2n) is 9.56. The van der Waals surface area contributed by atoms with Crippen LogP contribution in [0.5, 0.6) is 0 Å². The van der Waals surface area contributed by atoms with Crippen LogP contribution in [0.15, 0.2) is 42.7 Å². The van der Waals surface area contributed by atoms with Crippen LogP contribution in [-0.2, 0) is 12.7 Å². The molecule has 0 radical (unpaired) electrons. The number of nitrogens with one attached hydrogen (secondary N) is 2. The average Bonchev–Trinajstić information content (AvgIpc) is 2.65. The van der Waals surface area contributed by atoms with Crippen molar-refractivity contribution in [3.8, 4) is 0 Å². The first-order valence-corrected chi connectivity index (χ1v) is 11.2. The minimum absolute atomic E-state index is 0.0305. The van der Waals surface area contributed by atoms with Gasteiger partial charge in [-0.05, 0) is 88.6 Å². The number of rotatable bonds is 4. The number of aromatic nitrogens is 1. The molecule has 1 saturated heterocycles. The second-order valence-corrected chi connectivity index (χ2v) is 10.4. The lowest BCUT2D eigenvalue weighted by atomic mass is 9.79. The Labute approximate surface area is 197 Å². The molecular formula is C23H28ClF3N4S. The van der Waals surface area contributed by atoms with Crippen molar-refractivity contribution in [2.24, 2.45) is 0 Å². The van der Waals surface area contributed by atoms with Gasteiger partial charge in [0.15, 0.2) is 5.11 Å². The number of piperidine rings is 1. The van der Waals surface area contributed by atoms with Gasteiger partial charge in [-0.2, -0.15) is 13.2 Å². The van der Waals surface area contributed by atoms with Crippen molar-refractivity contribution < 1.29 is 13.2 Å². The Hall–Kier alpha value is -1.90. The third-order valence-corrected chi connectivity index (χ3v) is 6.16. The third-order valence-electron chi connectivity index (χ3n) is 5.51. The molecule has 4 nitrogen and oxygen atoms in total. The number of thiocarbonyl (C=S) groups is 1. The highest BCUT2D eigenvalue weighted by molar-refractivity contribution is 7.80. The molecule has 32 heavy (non-hydrogen) atoms. The Bertz CT molecular complexity index is 947. The summed E-state index contributed by atoms with van der Waals surface area (Å²) in [6.45, 7) is 9.19. The predicted molar refractivity (Wildman–Crippen MR) is 127 cm³/mol. The molecule has 1 aromatic heterocycles. The lowest BCUT2D eigenvalue weighted by molar-refractivity contribution is -0.137. The molecule has 0 bridgehead atoms. The van der Waals surface area contributed by atoms with Gasteiger partial charge in [-0.3, -0.25) is 4.98 Å². The molecule has 2 heterocycles. The summed E-state index contributed by atoms with van der Waals surface area (Å²) in [4.78, 5) is 6.18. The molecule has 1 aliphatic heterocycles. The van der Waals surface area contributed by atoms with E-state index in [4.69, 9.17) is 23.8 Å². The van der Waals surface area contributed by atoms with Crippen LogP contribution in [0.3, 0.4) is 0 Å². The van der Waals surface area contributed by atoms with Gasteiger partial charge in [0.1, 0.15) is 0 Å².